The SMILES string of the molecule is CC(C)CC(=O)N1CC[C@](CO)(Nc2cc(-c3cnc(N)nc3)nc(N3CCOCC3)n2)C1. The molecule has 0 radical (unpaired) electrons. The smallest absolute Gasteiger partial charge is 0.228 e. The van der Waals surface area contributed by atoms with Crippen molar-refractivity contribution in [2.75, 3.05) is 62.0 Å². The Kier molecular flexibility index (Phi) is 6.89. The number of nitrogen functional groups attached to an aromatic ring is 1. The van der Waals surface area contributed by atoms with Crippen molar-refractivity contribution in [3.8, 4) is 11.3 Å². The molecule has 2 saturated heterocycles. The van der Waals surface area contributed by atoms with Crippen molar-refractivity contribution in [1.82, 2.24) is 24.8 Å². The normalized spacial score (nSPS) is 21.0. The van der Waals surface area contributed by atoms with E-state index < -0.39 is 5.54 Å². The lowest BCUT2D eigenvalue weighted by Crippen LogP contribution is -2.46. The number of likely N-dealkylation sites (tertiary alicyclic amines) is 1. The third-order valence-electron chi connectivity index (χ3n) is 5.96. The Hall–Kier alpha value is -3.05. The number of nitrogens with two attached hydrogens (primary N) is 1. The molecule has 0 saturated carbocycles. The van der Waals surface area contributed by atoms with Gasteiger partial charge in [-0.05, 0) is 12.3 Å². The van der Waals surface area contributed by atoms with Crippen LogP contribution in [0, 0.1) is 5.92 Å². The first-order chi connectivity index (χ1) is 15.9. The highest BCUT2D eigenvalue weighted by Gasteiger charge is 2.40. The van der Waals surface area contributed by atoms with E-state index in [1.807, 2.05) is 24.8 Å². The first-order valence-electron chi connectivity index (χ1n) is 11.3. The number of aromatic nitrogens is 4. The number of amides is 1. The van der Waals surface area contributed by atoms with E-state index in [2.05, 4.69) is 20.2 Å². The molecule has 2 aromatic heterocycles. The molecule has 33 heavy (non-hydrogen) atoms. The van der Waals surface area contributed by atoms with Crippen LogP contribution >= 0.6 is 0 Å². The number of nitrogens with one attached hydrogen (secondary N) is 1. The second kappa shape index (κ2) is 9.84. The first kappa shape index (κ1) is 23.1. The number of aliphatic hydroxyl groups is 1. The number of carbonyl (C=O) groups excluding carboxylic acids is 1. The van der Waals surface area contributed by atoms with Gasteiger partial charge >= 0.3 is 0 Å². The Morgan fingerprint density at radius 3 is 2.64 bits per heavy atom. The maximum Gasteiger partial charge on any atom is 0.228 e. The van der Waals surface area contributed by atoms with Gasteiger partial charge in [0.2, 0.25) is 17.8 Å². The quantitative estimate of drug-likeness (QED) is 0.547. The van der Waals surface area contributed by atoms with Crippen LogP contribution in [0.3, 0.4) is 0 Å². The van der Waals surface area contributed by atoms with Crippen LogP contribution in [0.25, 0.3) is 11.3 Å². The minimum absolute atomic E-state index is 0.110. The molecule has 11 heteroatoms. The van der Waals surface area contributed by atoms with E-state index in [0.29, 0.717) is 75.3 Å². The average molecular weight is 457 g/mol. The molecule has 2 aliphatic rings. The van der Waals surface area contributed by atoms with E-state index >= 15 is 0 Å². The molecular weight excluding hydrogens is 424 g/mol. The second-order valence-electron chi connectivity index (χ2n) is 9.09. The lowest BCUT2D eigenvalue weighted by Gasteiger charge is -2.31. The zero-order valence-corrected chi connectivity index (χ0v) is 19.2. The molecule has 0 spiro atoms. The number of carbonyl (C=O) groups is 1. The summed E-state index contributed by atoms with van der Waals surface area (Å²) in [5.41, 5.74) is 6.33. The van der Waals surface area contributed by atoms with Gasteiger partial charge in [-0.3, -0.25) is 4.79 Å². The predicted octanol–water partition coefficient (Wildman–Crippen LogP) is 0.774. The molecule has 2 aromatic rings. The molecule has 4 rings (SSSR count). The minimum atomic E-state index is -0.668. The van der Waals surface area contributed by atoms with E-state index in [9.17, 15) is 9.90 Å². The van der Waals surface area contributed by atoms with Crippen LogP contribution in [-0.2, 0) is 9.53 Å². The van der Waals surface area contributed by atoms with E-state index in [-0.39, 0.29) is 24.4 Å². The topological polar surface area (TPSA) is 143 Å². The van der Waals surface area contributed by atoms with Crippen LogP contribution in [0.1, 0.15) is 26.7 Å². The van der Waals surface area contributed by atoms with Gasteiger partial charge in [0.05, 0.1) is 31.1 Å². The van der Waals surface area contributed by atoms with Crippen molar-refractivity contribution < 1.29 is 14.6 Å². The lowest BCUT2D eigenvalue weighted by molar-refractivity contribution is -0.131. The molecule has 0 aliphatic carbocycles. The highest BCUT2D eigenvalue weighted by molar-refractivity contribution is 5.77. The van der Waals surface area contributed by atoms with E-state index in [0.717, 1.165) is 0 Å². The number of ether oxygens (including phenoxy) is 1. The third kappa shape index (κ3) is 5.48. The van der Waals surface area contributed by atoms with Gasteiger partial charge < -0.3 is 30.7 Å². The Morgan fingerprint density at radius 1 is 1.24 bits per heavy atom. The van der Waals surface area contributed by atoms with Crippen LogP contribution in [0.5, 0.6) is 0 Å². The number of anilines is 3. The molecule has 0 aromatic carbocycles. The van der Waals surface area contributed by atoms with Crippen molar-refractivity contribution in [1.29, 1.82) is 0 Å². The second-order valence-corrected chi connectivity index (χ2v) is 9.09. The highest BCUT2D eigenvalue weighted by Crippen LogP contribution is 2.29. The van der Waals surface area contributed by atoms with E-state index in [1.54, 1.807) is 12.4 Å². The largest absolute Gasteiger partial charge is 0.394 e. The lowest BCUT2D eigenvalue weighted by atomic mass is 10.00. The maximum absolute atomic E-state index is 12.6. The number of hydrogen-bond acceptors (Lipinski definition) is 10. The summed E-state index contributed by atoms with van der Waals surface area (Å²) in [4.78, 5) is 34.1. The molecule has 2 aliphatic heterocycles. The van der Waals surface area contributed by atoms with Crippen molar-refractivity contribution in [3.05, 3.63) is 18.5 Å². The Balaban J connectivity index is 1.62. The van der Waals surface area contributed by atoms with Crippen molar-refractivity contribution >= 4 is 23.6 Å². The summed E-state index contributed by atoms with van der Waals surface area (Å²) in [6.07, 6.45) is 4.38. The summed E-state index contributed by atoms with van der Waals surface area (Å²) in [5.74, 6) is 1.73. The van der Waals surface area contributed by atoms with Crippen LogP contribution < -0.4 is 16.0 Å². The molecule has 4 N–H and O–H groups in total. The summed E-state index contributed by atoms with van der Waals surface area (Å²) in [6, 6.07) is 1.81. The van der Waals surface area contributed by atoms with Gasteiger partial charge in [-0.15, -0.1) is 0 Å². The maximum atomic E-state index is 12.6. The summed E-state index contributed by atoms with van der Waals surface area (Å²) < 4.78 is 5.46. The fraction of sp³-hybridized carbons (Fsp3) is 0.591. The standard InChI is InChI=1S/C22H32N8O3/c1-15(2)9-19(32)30-4-3-22(13-30,14-31)28-18-10-17(16-11-24-20(23)25-12-16)26-21(27-18)29-5-7-33-8-6-29/h10-12,15,31H,3-9,13-14H2,1-2H3,(H2,23,24,25)(H,26,27,28)/t22-/m0/s1. The number of aliphatic hydroxyl groups excluding tert-OH is 1. The predicted molar refractivity (Wildman–Crippen MR) is 125 cm³/mol. The van der Waals surface area contributed by atoms with Crippen LogP contribution in [0.2, 0.25) is 0 Å². The summed E-state index contributed by atoms with van der Waals surface area (Å²) in [7, 11) is 0. The van der Waals surface area contributed by atoms with Crippen LogP contribution in [0.4, 0.5) is 17.7 Å². The Labute approximate surface area is 193 Å². The van der Waals surface area contributed by atoms with E-state index in [1.165, 1.54) is 0 Å². The van der Waals surface area contributed by atoms with Gasteiger partial charge in [-0.2, -0.15) is 4.98 Å². The third-order valence-corrected chi connectivity index (χ3v) is 5.96. The van der Waals surface area contributed by atoms with Crippen molar-refractivity contribution in [3.63, 3.8) is 0 Å². The van der Waals surface area contributed by atoms with E-state index in [4.69, 9.17) is 20.4 Å². The van der Waals surface area contributed by atoms with Crippen molar-refractivity contribution in [2.45, 2.75) is 32.2 Å². The number of nitrogens with zero attached hydrogens (tertiary/aromatic N) is 6. The molecule has 0 bridgehead atoms. The number of hydrogen-bond donors (Lipinski definition) is 3. The van der Waals surface area contributed by atoms with Gasteiger partial charge in [-0.25, -0.2) is 15.0 Å². The first-order valence-corrected chi connectivity index (χ1v) is 11.3. The molecule has 1 atom stereocenters. The van der Waals surface area contributed by atoms with Crippen molar-refractivity contribution in [2.24, 2.45) is 5.92 Å². The molecular formula is C22H32N8O3. The van der Waals surface area contributed by atoms with Crippen LogP contribution in [0.15, 0.2) is 18.5 Å². The summed E-state index contributed by atoms with van der Waals surface area (Å²) in [6.45, 7) is 7.54. The number of morpholine rings is 1. The average Bonchev–Trinajstić information content (AvgIpc) is 3.24. The van der Waals surface area contributed by atoms with Gasteiger partial charge in [-0.1, -0.05) is 13.8 Å². The monoisotopic (exact) mass is 456 g/mol. The minimum Gasteiger partial charge on any atom is -0.394 e. The van der Waals surface area contributed by atoms with Gasteiger partial charge in [0, 0.05) is 56.6 Å². The summed E-state index contributed by atoms with van der Waals surface area (Å²) >= 11 is 0. The molecule has 4 heterocycles. The summed E-state index contributed by atoms with van der Waals surface area (Å²) in [5, 5.41) is 13.7. The Morgan fingerprint density at radius 2 is 1.97 bits per heavy atom. The Bertz CT molecular complexity index is 965. The molecule has 178 valence electrons. The highest BCUT2D eigenvalue weighted by atomic mass is 16.5. The molecule has 1 amide bonds. The fourth-order valence-corrected chi connectivity index (χ4v) is 4.13. The van der Waals surface area contributed by atoms with Gasteiger partial charge in [0.1, 0.15) is 5.82 Å². The molecule has 11 nitrogen and oxygen atoms in total. The molecule has 2 fully saturated rings. The molecule has 0 unspecified atom stereocenters. The fourth-order valence-electron chi connectivity index (χ4n) is 4.13. The zero-order chi connectivity index (χ0) is 23.4. The van der Waals surface area contributed by atoms with Gasteiger partial charge in [0.25, 0.3) is 0 Å². The van der Waals surface area contributed by atoms with Gasteiger partial charge in [0.15, 0.2) is 0 Å². The number of rotatable bonds is 7. The van der Waals surface area contributed by atoms with Crippen LogP contribution in [-0.4, -0.2) is 87.4 Å². The zero-order valence-electron chi connectivity index (χ0n) is 19.2.